The lowest BCUT2D eigenvalue weighted by molar-refractivity contribution is 0.668. The minimum atomic E-state index is -0.255. The van der Waals surface area contributed by atoms with E-state index in [4.69, 9.17) is 8.83 Å². The number of hydrogen-bond donors (Lipinski definition) is 0. The third-order valence-electron chi connectivity index (χ3n) is 16.4. The van der Waals surface area contributed by atoms with Crippen molar-refractivity contribution in [3.63, 3.8) is 0 Å². The highest BCUT2D eigenvalue weighted by atomic mass is 16.3. The molecule has 0 saturated carbocycles. The van der Waals surface area contributed by atoms with Crippen LogP contribution < -0.4 is 21.3 Å². The second-order valence-corrected chi connectivity index (χ2v) is 20.1. The van der Waals surface area contributed by atoms with Crippen LogP contribution in [0.5, 0.6) is 0 Å². The second kappa shape index (κ2) is 15.0. The normalized spacial score (nSPS) is 12.4. The summed E-state index contributed by atoms with van der Waals surface area (Å²) in [4.78, 5) is 6.79. The lowest BCUT2D eigenvalue weighted by atomic mass is 9.34. The quantitative estimate of drug-likeness (QED) is 0.127. The Kier molecular flexibility index (Phi) is 8.10. The third-order valence-corrected chi connectivity index (χ3v) is 16.4. The molecule has 76 heavy (non-hydrogen) atoms. The van der Waals surface area contributed by atoms with Crippen LogP contribution in [-0.2, 0) is 0 Å². The monoisotopic (exact) mass is 965 g/mol. The van der Waals surface area contributed by atoms with Crippen LogP contribution in [0.2, 0.25) is 0 Å². The van der Waals surface area contributed by atoms with Crippen LogP contribution in [0.3, 0.4) is 0 Å². The molecule has 0 N–H and O–H groups in total. The molecule has 11 aromatic carbocycles. The van der Waals surface area contributed by atoms with E-state index in [2.05, 4.69) is 195 Å². The number of furan rings is 2. The standard InChI is InChI=1S/C68H36BN5O2/c1-71-63-67(53(38-70)66-62-68(63)74-57-21-7-3-13-46(57)50-17-11-19-55(65(50)74)69(62)54-18-10-16-49-45-12-2-6-20-56(45)73(66)64(49)54)72(43-30-24-39(25-31-43)41-28-34-60-51(36-41)47-14-4-8-22-58(47)75-60)44-32-26-40(27-33-44)42-29-35-61-52(37-42)48-15-5-9-23-59(48)76-61/h2-37H. The molecule has 2 aliphatic rings. The number of para-hydroxylation sites is 6. The molecule has 0 saturated heterocycles. The maximum Gasteiger partial charge on any atom is 0.250 e. The van der Waals surface area contributed by atoms with Gasteiger partial charge in [0.25, 0.3) is 6.71 Å². The Hall–Kier alpha value is -10.5. The first kappa shape index (κ1) is 41.0. The maximum absolute atomic E-state index is 12.2. The number of nitriles is 1. The highest BCUT2D eigenvalue weighted by molar-refractivity contribution is 7.00. The van der Waals surface area contributed by atoms with Crippen molar-refractivity contribution in [3.8, 4) is 39.7 Å². The molecule has 0 bridgehead atoms. The molecular weight excluding hydrogens is 930 g/mol. The third kappa shape index (κ3) is 5.33. The number of fused-ring (bicyclic) bond motifs is 16. The van der Waals surface area contributed by atoms with E-state index in [-0.39, 0.29) is 6.71 Å². The van der Waals surface area contributed by atoms with Gasteiger partial charge in [-0.05, 0) is 111 Å². The van der Waals surface area contributed by atoms with Crippen molar-refractivity contribution < 1.29 is 8.83 Å². The minimum absolute atomic E-state index is 0.255. The number of rotatable bonds is 5. The average Bonchev–Trinajstić information content (AvgIpc) is 4.32. The summed E-state index contributed by atoms with van der Waals surface area (Å²) in [6, 6.07) is 79.2. The molecule has 0 amide bonds. The van der Waals surface area contributed by atoms with Crippen LogP contribution in [0.15, 0.2) is 227 Å². The van der Waals surface area contributed by atoms with Crippen molar-refractivity contribution in [1.82, 2.24) is 9.13 Å². The molecule has 0 aliphatic carbocycles. The molecule has 6 heterocycles. The SMILES string of the molecule is [C-]#[N+]c1c(N(c2ccc(-c3ccc4oc5ccccc5c4c3)cc2)c2ccc(-c3ccc4oc5ccccc5c4c3)cc2)c(C#N)c2c3c1-n1c4ccccc4c4cccc(c41)B3c1cccc3c4ccccc4n-2c13. The molecule has 2 aliphatic heterocycles. The number of anilines is 3. The molecular formula is C68H36BN5O2. The van der Waals surface area contributed by atoms with E-state index < -0.39 is 0 Å². The Morgan fingerprint density at radius 3 is 1.37 bits per heavy atom. The number of nitrogens with zero attached hydrogens (tertiary/aromatic N) is 5. The molecule has 348 valence electrons. The summed E-state index contributed by atoms with van der Waals surface area (Å²) in [5.74, 6) is 0. The number of hydrogen-bond acceptors (Lipinski definition) is 4. The van der Waals surface area contributed by atoms with E-state index >= 15 is 0 Å². The first-order valence-electron chi connectivity index (χ1n) is 25.5. The Bertz CT molecular complexity index is 4840. The fourth-order valence-electron chi connectivity index (χ4n) is 13.2. The molecule has 0 fully saturated rings. The van der Waals surface area contributed by atoms with E-state index in [1.54, 1.807) is 0 Å². The number of aromatic nitrogens is 2. The predicted octanol–water partition coefficient (Wildman–Crippen LogP) is 16.0. The highest BCUT2D eigenvalue weighted by Crippen LogP contribution is 2.52. The molecule has 0 spiro atoms. The topological polar surface area (TPSA) is 67.5 Å². The van der Waals surface area contributed by atoms with Crippen molar-refractivity contribution in [2.45, 2.75) is 0 Å². The van der Waals surface area contributed by atoms with Crippen LogP contribution in [0.4, 0.5) is 22.7 Å². The molecule has 0 atom stereocenters. The van der Waals surface area contributed by atoms with E-state index in [1.807, 2.05) is 48.5 Å². The van der Waals surface area contributed by atoms with Gasteiger partial charge in [0.05, 0.1) is 40.2 Å². The second-order valence-electron chi connectivity index (χ2n) is 20.1. The van der Waals surface area contributed by atoms with Gasteiger partial charge in [0.1, 0.15) is 28.4 Å². The zero-order valence-corrected chi connectivity index (χ0v) is 40.4. The molecule has 15 aromatic rings. The Labute approximate surface area is 434 Å². The van der Waals surface area contributed by atoms with Crippen molar-refractivity contribution >= 4 is 133 Å². The first-order valence-corrected chi connectivity index (χ1v) is 25.5. The molecule has 7 nitrogen and oxygen atoms in total. The van der Waals surface area contributed by atoms with Crippen LogP contribution >= 0.6 is 0 Å². The van der Waals surface area contributed by atoms with Crippen molar-refractivity contribution in [2.24, 2.45) is 0 Å². The average molecular weight is 966 g/mol. The molecule has 0 unspecified atom stereocenters. The summed E-state index contributed by atoms with van der Waals surface area (Å²) >= 11 is 0. The molecule has 4 aromatic heterocycles. The Morgan fingerprint density at radius 1 is 0.434 bits per heavy atom. The van der Waals surface area contributed by atoms with Crippen molar-refractivity contribution in [3.05, 3.63) is 235 Å². The Balaban J connectivity index is 0.958. The smallest absolute Gasteiger partial charge is 0.250 e. The summed E-state index contributed by atoms with van der Waals surface area (Å²) < 4.78 is 17.1. The maximum atomic E-state index is 12.2. The highest BCUT2D eigenvalue weighted by Gasteiger charge is 2.45. The van der Waals surface area contributed by atoms with E-state index in [0.717, 1.165) is 149 Å². The summed E-state index contributed by atoms with van der Waals surface area (Å²) in [7, 11) is 0. The van der Waals surface area contributed by atoms with Gasteiger partial charge in [0.2, 0.25) is 5.69 Å². The zero-order valence-electron chi connectivity index (χ0n) is 40.4. The van der Waals surface area contributed by atoms with Gasteiger partial charge >= 0.3 is 0 Å². The van der Waals surface area contributed by atoms with Gasteiger partial charge in [0.15, 0.2) is 0 Å². The molecule has 8 heteroatoms. The predicted molar refractivity (Wildman–Crippen MR) is 311 cm³/mol. The van der Waals surface area contributed by atoms with Gasteiger partial charge in [0, 0.05) is 65.5 Å². The van der Waals surface area contributed by atoms with Gasteiger partial charge in [-0.15, -0.1) is 0 Å². The van der Waals surface area contributed by atoms with Gasteiger partial charge < -0.3 is 22.9 Å². The lowest BCUT2D eigenvalue weighted by Crippen LogP contribution is -2.59. The van der Waals surface area contributed by atoms with Crippen LogP contribution in [0, 0.1) is 17.9 Å². The lowest BCUT2D eigenvalue weighted by Gasteiger charge is -2.38. The largest absolute Gasteiger partial charge is 0.456 e. The van der Waals surface area contributed by atoms with Gasteiger partial charge in [-0.2, -0.15) is 5.26 Å². The van der Waals surface area contributed by atoms with Crippen LogP contribution in [-0.4, -0.2) is 15.8 Å². The van der Waals surface area contributed by atoms with Crippen LogP contribution in [0.1, 0.15) is 5.56 Å². The number of benzene rings is 11. The fourth-order valence-corrected chi connectivity index (χ4v) is 13.2. The van der Waals surface area contributed by atoms with Gasteiger partial charge in [-0.3, -0.25) is 0 Å². The van der Waals surface area contributed by atoms with Gasteiger partial charge in [-0.1, -0.05) is 146 Å². The van der Waals surface area contributed by atoms with Crippen LogP contribution in [0.25, 0.3) is 126 Å². The molecule has 17 rings (SSSR count). The summed E-state index contributed by atoms with van der Waals surface area (Å²) in [6.45, 7) is 9.23. The van der Waals surface area contributed by atoms with Gasteiger partial charge in [-0.25, -0.2) is 4.85 Å². The van der Waals surface area contributed by atoms with E-state index in [9.17, 15) is 11.8 Å². The zero-order chi connectivity index (χ0) is 49.9. The summed E-state index contributed by atoms with van der Waals surface area (Å²) in [5, 5.41) is 20.9. The first-order chi connectivity index (χ1) is 37.6. The Morgan fingerprint density at radius 2 is 0.868 bits per heavy atom. The van der Waals surface area contributed by atoms with Crippen molar-refractivity contribution in [1.29, 1.82) is 5.26 Å². The summed E-state index contributed by atoms with van der Waals surface area (Å²) in [6.07, 6.45) is 0. The summed E-state index contributed by atoms with van der Waals surface area (Å²) in [5.41, 5.74) is 19.6. The van der Waals surface area contributed by atoms with Crippen molar-refractivity contribution in [2.75, 3.05) is 4.90 Å². The van der Waals surface area contributed by atoms with E-state index in [1.165, 1.54) is 0 Å². The fraction of sp³-hybridized carbons (Fsp3) is 0. The van der Waals surface area contributed by atoms with E-state index in [0.29, 0.717) is 16.9 Å². The minimum Gasteiger partial charge on any atom is -0.456 e. The molecule has 0 radical (unpaired) electrons.